The molecule has 2 N–H and O–H groups in total. The van der Waals surface area contributed by atoms with E-state index in [1.54, 1.807) is 6.92 Å². The van der Waals surface area contributed by atoms with E-state index in [0.29, 0.717) is 24.4 Å². The van der Waals surface area contributed by atoms with E-state index in [4.69, 9.17) is 16.3 Å². The van der Waals surface area contributed by atoms with E-state index in [2.05, 4.69) is 10.3 Å². The molecule has 0 radical (unpaired) electrons. The molecule has 1 aliphatic heterocycles. The number of H-pyrrole nitrogens is 1. The van der Waals surface area contributed by atoms with E-state index < -0.39 is 17.7 Å². The molecule has 4 rings (SSSR count). The second-order valence-electron chi connectivity index (χ2n) is 9.17. The van der Waals surface area contributed by atoms with E-state index in [9.17, 15) is 9.59 Å². The van der Waals surface area contributed by atoms with Gasteiger partial charge in [-0.25, -0.2) is 4.79 Å². The summed E-state index contributed by atoms with van der Waals surface area (Å²) in [5, 5.41) is 4.49. The van der Waals surface area contributed by atoms with Gasteiger partial charge < -0.3 is 19.9 Å². The third kappa shape index (κ3) is 4.71. The lowest BCUT2D eigenvalue weighted by Gasteiger charge is -2.38. The van der Waals surface area contributed by atoms with Gasteiger partial charge in [-0.2, -0.15) is 0 Å². The standard InChI is InChI=1S/C26H30ClN3O3/c1-5-26(3,4)33-25(32)28-16(2)24(31)30-14-13-19-20-15-18(27)11-12-21(20)29-22(19)23(30)17-9-7-6-8-10-17/h6-12,15-16,23,29H,5,13-14H2,1-4H3,(H,28,32)/t16-,23?/m0/s1. The van der Waals surface area contributed by atoms with Gasteiger partial charge in [-0.15, -0.1) is 0 Å². The van der Waals surface area contributed by atoms with Crippen LogP contribution in [-0.4, -0.2) is 40.1 Å². The number of aromatic nitrogens is 1. The highest BCUT2D eigenvalue weighted by Gasteiger charge is 2.37. The van der Waals surface area contributed by atoms with E-state index in [1.807, 2.05) is 74.2 Å². The van der Waals surface area contributed by atoms with E-state index >= 15 is 0 Å². The maximum atomic E-state index is 13.6. The Balaban J connectivity index is 1.66. The highest BCUT2D eigenvalue weighted by molar-refractivity contribution is 6.31. The fourth-order valence-electron chi connectivity index (χ4n) is 4.32. The van der Waals surface area contributed by atoms with Gasteiger partial charge in [0.05, 0.1) is 6.04 Å². The van der Waals surface area contributed by atoms with Crippen LogP contribution in [0.5, 0.6) is 0 Å². The molecule has 0 fully saturated rings. The zero-order valence-electron chi connectivity index (χ0n) is 19.4. The second kappa shape index (κ2) is 9.10. The zero-order chi connectivity index (χ0) is 23.8. The average molecular weight is 468 g/mol. The van der Waals surface area contributed by atoms with Crippen LogP contribution in [0.25, 0.3) is 10.9 Å². The van der Waals surface area contributed by atoms with Crippen molar-refractivity contribution in [3.05, 3.63) is 70.4 Å². The van der Waals surface area contributed by atoms with Gasteiger partial charge in [-0.1, -0.05) is 48.9 Å². The Kier molecular flexibility index (Phi) is 6.39. The van der Waals surface area contributed by atoms with Crippen molar-refractivity contribution in [1.29, 1.82) is 0 Å². The number of halogens is 1. The molecule has 174 valence electrons. The minimum atomic E-state index is -0.725. The molecule has 0 spiro atoms. The molecule has 1 unspecified atom stereocenters. The first-order chi connectivity index (χ1) is 15.7. The molecule has 2 atom stereocenters. The number of carbonyl (C=O) groups is 2. The Hall–Kier alpha value is -2.99. The van der Waals surface area contributed by atoms with Crippen molar-refractivity contribution in [2.75, 3.05) is 6.54 Å². The molecule has 0 bridgehead atoms. The predicted molar refractivity (Wildman–Crippen MR) is 130 cm³/mol. The molecule has 2 heterocycles. The molecule has 3 aromatic rings. The molecule has 0 aliphatic carbocycles. The number of nitrogens with one attached hydrogen (secondary N) is 2. The monoisotopic (exact) mass is 467 g/mol. The van der Waals surface area contributed by atoms with Crippen molar-refractivity contribution in [1.82, 2.24) is 15.2 Å². The summed E-state index contributed by atoms with van der Waals surface area (Å²) in [6, 6.07) is 14.7. The topological polar surface area (TPSA) is 74.4 Å². The normalized spacial score (nSPS) is 16.9. The van der Waals surface area contributed by atoms with Crippen molar-refractivity contribution >= 4 is 34.5 Å². The number of nitrogens with zero attached hydrogens (tertiary/aromatic N) is 1. The molecule has 2 amide bonds. The molecule has 0 saturated carbocycles. The van der Waals surface area contributed by atoms with Gasteiger partial charge >= 0.3 is 6.09 Å². The average Bonchev–Trinajstić information content (AvgIpc) is 3.15. The van der Waals surface area contributed by atoms with Crippen molar-refractivity contribution < 1.29 is 14.3 Å². The van der Waals surface area contributed by atoms with Gasteiger partial charge in [0, 0.05) is 28.2 Å². The van der Waals surface area contributed by atoms with Crippen LogP contribution in [0.1, 0.15) is 57.0 Å². The van der Waals surface area contributed by atoms with Crippen LogP contribution in [0.2, 0.25) is 5.02 Å². The summed E-state index contributed by atoms with van der Waals surface area (Å²) in [5.41, 5.74) is 3.57. The van der Waals surface area contributed by atoms with Crippen LogP contribution >= 0.6 is 11.6 Å². The summed E-state index contributed by atoms with van der Waals surface area (Å²) >= 11 is 6.27. The number of benzene rings is 2. The van der Waals surface area contributed by atoms with Gasteiger partial charge in [-0.3, -0.25) is 4.79 Å². The number of carbonyl (C=O) groups excluding carboxylic acids is 2. The van der Waals surface area contributed by atoms with Crippen LogP contribution in [0.15, 0.2) is 48.5 Å². The Morgan fingerprint density at radius 3 is 2.67 bits per heavy atom. The van der Waals surface area contributed by atoms with Crippen molar-refractivity contribution in [3.8, 4) is 0 Å². The van der Waals surface area contributed by atoms with Crippen LogP contribution in [0.3, 0.4) is 0 Å². The Bertz CT molecular complexity index is 1170. The van der Waals surface area contributed by atoms with E-state index in [0.717, 1.165) is 22.2 Å². The van der Waals surface area contributed by atoms with Crippen LogP contribution < -0.4 is 5.32 Å². The molecular formula is C26H30ClN3O3. The predicted octanol–water partition coefficient (Wildman–Crippen LogP) is 5.60. The summed E-state index contributed by atoms with van der Waals surface area (Å²) in [5.74, 6) is -0.155. The third-order valence-corrected chi connectivity index (χ3v) is 6.65. The number of alkyl carbamates (subject to hydrolysis) is 1. The molecule has 1 aliphatic rings. The fraction of sp³-hybridized carbons (Fsp3) is 0.385. The number of fused-ring (bicyclic) bond motifs is 3. The molecule has 7 heteroatoms. The van der Waals surface area contributed by atoms with Gasteiger partial charge in [0.25, 0.3) is 0 Å². The number of hydrogen-bond donors (Lipinski definition) is 2. The molecule has 0 saturated heterocycles. The maximum Gasteiger partial charge on any atom is 0.408 e. The first kappa shape index (κ1) is 23.2. The Morgan fingerprint density at radius 1 is 1.24 bits per heavy atom. The minimum absolute atomic E-state index is 0.155. The van der Waals surface area contributed by atoms with Crippen molar-refractivity contribution in [2.24, 2.45) is 0 Å². The molecule has 1 aromatic heterocycles. The third-order valence-electron chi connectivity index (χ3n) is 6.41. The van der Waals surface area contributed by atoms with Crippen LogP contribution in [-0.2, 0) is 16.0 Å². The summed E-state index contributed by atoms with van der Waals surface area (Å²) in [7, 11) is 0. The van der Waals surface area contributed by atoms with E-state index in [1.165, 1.54) is 5.56 Å². The highest BCUT2D eigenvalue weighted by Crippen LogP contribution is 2.39. The fourth-order valence-corrected chi connectivity index (χ4v) is 4.49. The lowest BCUT2D eigenvalue weighted by Crippen LogP contribution is -2.51. The summed E-state index contributed by atoms with van der Waals surface area (Å²) in [4.78, 5) is 31.3. The summed E-state index contributed by atoms with van der Waals surface area (Å²) in [6.07, 6.45) is 0.792. The molecule has 6 nitrogen and oxygen atoms in total. The summed E-state index contributed by atoms with van der Waals surface area (Å²) < 4.78 is 5.47. The lowest BCUT2D eigenvalue weighted by molar-refractivity contribution is -0.135. The molecule has 33 heavy (non-hydrogen) atoms. The number of rotatable bonds is 5. The van der Waals surface area contributed by atoms with Crippen LogP contribution in [0, 0.1) is 0 Å². The maximum absolute atomic E-state index is 13.6. The Morgan fingerprint density at radius 2 is 1.97 bits per heavy atom. The number of amides is 2. The number of aromatic amines is 1. The zero-order valence-corrected chi connectivity index (χ0v) is 20.2. The van der Waals surface area contributed by atoms with Gasteiger partial charge in [0.2, 0.25) is 5.91 Å². The number of hydrogen-bond acceptors (Lipinski definition) is 3. The van der Waals surface area contributed by atoms with Crippen molar-refractivity contribution in [2.45, 2.75) is 58.2 Å². The quantitative estimate of drug-likeness (QED) is 0.513. The first-order valence-corrected chi connectivity index (χ1v) is 11.7. The first-order valence-electron chi connectivity index (χ1n) is 11.3. The SMILES string of the molecule is CCC(C)(C)OC(=O)N[C@@H](C)C(=O)N1CCc2c([nH]c3ccc(Cl)cc23)C1c1ccccc1. The van der Waals surface area contributed by atoms with E-state index in [-0.39, 0.29) is 11.9 Å². The van der Waals surface area contributed by atoms with Gasteiger partial charge in [0.1, 0.15) is 11.6 Å². The molecular weight excluding hydrogens is 438 g/mol. The van der Waals surface area contributed by atoms with Gasteiger partial charge in [0.15, 0.2) is 0 Å². The minimum Gasteiger partial charge on any atom is -0.444 e. The van der Waals surface area contributed by atoms with Crippen LogP contribution in [0.4, 0.5) is 4.79 Å². The lowest BCUT2D eigenvalue weighted by atomic mass is 9.92. The number of ether oxygens (including phenoxy) is 1. The highest BCUT2D eigenvalue weighted by atomic mass is 35.5. The summed E-state index contributed by atoms with van der Waals surface area (Å²) in [6.45, 7) is 7.88. The van der Waals surface area contributed by atoms with Crippen molar-refractivity contribution in [3.63, 3.8) is 0 Å². The molecule has 2 aromatic carbocycles. The Labute approximate surface area is 199 Å². The van der Waals surface area contributed by atoms with Gasteiger partial charge in [-0.05, 0) is 62.9 Å². The largest absolute Gasteiger partial charge is 0.444 e. The second-order valence-corrected chi connectivity index (χ2v) is 9.61. The smallest absolute Gasteiger partial charge is 0.408 e.